The Morgan fingerprint density at radius 1 is 0.980 bits per heavy atom. The van der Waals surface area contributed by atoms with Gasteiger partial charge in [0, 0.05) is 49.8 Å². The van der Waals surface area contributed by atoms with E-state index in [4.69, 9.17) is 9.47 Å². The Balaban J connectivity index is 1.50. The van der Waals surface area contributed by atoms with Gasteiger partial charge in [-0.1, -0.05) is 12.1 Å². The molecule has 0 aliphatic carbocycles. The van der Waals surface area contributed by atoms with Gasteiger partial charge in [-0.15, -0.1) is 0 Å². The van der Waals surface area contributed by atoms with Crippen molar-refractivity contribution in [2.75, 3.05) is 13.1 Å². The fraction of sp³-hybridized carbons (Fsp3) is 0.459. The van der Waals surface area contributed by atoms with E-state index in [0.717, 1.165) is 22.5 Å². The molecule has 2 atom stereocenters. The fourth-order valence-electron chi connectivity index (χ4n) is 6.18. The van der Waals surface area contributed by atoms with Crippen molar-refractivity contribution >= 4 is 23.8 Å². The summed E-state index contributed by atoms with van der Waals surface area (Å²) in [4.78, 5) is 62.7. The number of amides is 4. The number of hydrogen-bond donors (Lipinski definition) is 4. The van der Waals surface area contributed by atoms with Gasteiger partial charge in [-0.25, -0.2) is 10.3 Å². The standard InChI is InChI=1S/C37H48N6O7/c1-25-20-28(21-26(2)41-25)24-49-30-11-9-29(10-12-30)37(22-32(44)40-23-27-13-17-38-18-14-27)15-19-43(34(37)46)31(33(45)42-48)8-6-7-16-39-35(47)50-36(3,4)5/h9-14,17-18,20-21,31,48H,6-8,15-16,19,22-24H2,1-5H3,(H,39,47)(H,40,44)(H,42,45). The summed E-state index contributed by atoms with van der Waals surface area (Å²) in [6, 6.07) is 13.7. The number of benzene rings is 1. The number of hydroxylamine groups is 1. The summed E-state index contributed by atoms with van der Waals surface area (Å²) in [5, 5.41) is 15.2. The van der Waals surface area contributed by atoms with Crippen LogP contribution in [-0.4, -0.2) is 68.6 Å². The highest BCUT2D eigenvalue weighted by molar-refractivity contribution is 5.98. The summed E-state index contributed by atoms with van der Waals surface area (Å²) >= 11 is 0. The molecule has 4 N–H and O–H groups in total. The number of rotatable bonds is 15. The molecule has 13 heteroatoms. The van der Waals surface area contributed by atoms with Gasteiger partial charge in [-0.3, -0.25) is 29.6 Å². The molecule has 3 heterocycles. The number of nitrogens with one attached hydrogen (secondary N) is 3. The molecule has 1 fully saturated rings. The SMILES string of the molecule is Cc1cc(COc2ccc(C3(CC(=O)NCc4ccncc4)CCN(C(CCCCNC(=O)OC(C)(C)C)C(=O)NO)C3=O)cc2)cc(C)n1. The molecular formula is C37H48N6O7. The third-order valence-electron chi connectivity index (χ3n) is 8.47. The third-order valence-corrected chi connectivity index (χ3v) is 8.47. The third kappa shape index (κ3) is 10.5. The molecular weight excluding hydrogens is 640 g/mol. The number of ether oxygens (including phenoxy) is 2. The maximum atomic E-state index is 14.4. The highest BCUT2D eigenvalue weighted by Gasteiger charge is 2.51. The normalized spacial score (nSPS) is 16.4. The zero-order valence-corrected chi connectivity index (χ0v) is 29.5. The van der Waals surface area contributed by atoms with Gasteiger partial charge in [0.1, 0.15) is 24.0 Å². The minimum Gasteiger partial charge on any atom is -0.489 e. The molecule has 268 valence electrons. The van der Waals surface area contributed by atoms with Gasteiger partial charge in [0.2, 0.25) is 11.8 Å². The van der Waals surface area contributed by atoms with Crippen molar-refractivity contribution in [2.45, 2.75) is 96.9 Å². The van der Waals surface area contributed by atoms with E-state index in [1.54, 1.807) is 75.0 Å². The highest BCUT2D eigenvalue weighted by atomic mass is 16.6. The lowest BCUT2D eigenvalue weighted by Gasteiger charge is -2.31. The van der Waals surface area contributed by atoms with E-state index in [1.165, 1.54) is 4.90 Å². The Morgan fingerprint density at radius 2 is 1.66 bits per heavy atom. The molecule has 1 aliphatic heterocycles. The number of pyridine rings is 2. The van der Waals surface area contributed by atoms with E-state index in [-0.39, 0.29) is 44.2 Å². The van der Waals surface area contributed by atoms with Crippen molar-refractivity contribution in [3.8, 4) is 5.75 Å². The van der Waals surface area contributed by atoms with E-state index < -0.39 is 29.1 Å². The molecule has 0 spiro atoms. The Bertz CT molecular complexity index is 1610. The molecule has 1 saturated heterocycles. The van der Waals surface area contributed by atoms with E-state index in [1.807, 2.05) is 26.0 Å². The van der Waals surface area contributed by atoms with Crippen LogP contribution in [0.2, 0.25) is 0 Å². The van der Waals surface area contributed by atoms with E-state index in [0.29, 0.717) is 37.3 Å². The predicted molar refractivity (Wildman–Crippen MR) is 185 cm³/mol. The average molecular weight is 689 g/mol. The van der Waals surface area contributed by atoms with E-state index in [2.05, 4.69) is 20.6 Å². The lowest BCUT2D eigenvalue weighted by molar-refractivity contribution is -0.145. The number of alkyl carbamates (subject to hydrolysis) is 1. The van der Waals surface area contributed by atoms with Gasteiger partial charge in [0.25, 0.3) is 5.91 Å². The first-order valence-corrected chi connectivity index (χ1v) is 16.8. The number of aromatic nitrogens is 2. The van der Waals surface area contributed by atoms with Crippen molar-refractivity contribution < 1.29 is 33.9 Å². The number of carbonyl (C=O) groups is 4. The van der Waals surface area contributed by atoms with Crippen LogP contribution in [0.25, 0.3) is 0 Å². The van der Waals surface area contributed by atoms with Crippen molar-refractivity contribution in [3.63, 3.8) is 0 Å². The zero-order valence-electron chi connectivity index (χ0n) is 29.5. The lowest BCUT2D eigenvalue weighted by Crippen LogP contribution is -2.50. The van der Waals surface area contributed by atoms with Gasteiger partial charge in [0.05, 0.1) is 5.41 Å². The largest absolute Gasteiger partial charge is 0.489 e. The van der Waals surface area contributed by atoms with Crippen LogP contribution in [0.5, 0.6) is 5.75 Å². The summed E-state index contributed by atoms with van der Waals surface area (Å²) in [5.74, 6) is -0.828. The van der Waals surface area contributed by atoms with Crippen LogP contribution in [0.3, 0.4) is 0 Å². The summed E-state index contributed by atoms with van der Waals surface area (Å²) < 4.78 is 11.3. The average Bonchev–Trinajstić information content (AvgIpc) is 3.39. The number of likely N-dealkylation sites (tertiary alicyclic amines) is 1. The van der Waals surface area contributed by atoms with Gasteiger partial charge in [-0.2, -0.15) is 0 Å². The molecule has 2 aromatic heterocycles. The van der Waals surface area contributed by atoms with Gasteiger partial charge in [-0.05, 0) is 113 Å². The van der Waals surface area contributed by atoms with Crippen LogP contribution < -0.4 is 20.9 Å². The maximum Gasteiger partial charge on any atom is 0.407 e. The molecule has 2 unspecified atom stereocenters. The Morgan fingerprint density at radius 3 is 2.30 bits per heavy atom. The molecule has 50 heavy (non-hydrogen) atoms. The van der Waals surface area contributed by atoms with Gasteiger partial charge < -0.3 is 25.0 Å². The fourth-order valence-corrected chi connectivity index (χ4v) is 6.18. The molecule has 0 radical (unpaired) electrons. The second-order valence-electron chi connectivity index (χ2n) is 13.6. The minimum absolute atomic E-state index is 0.142. The van der Waals surface area contributed by atoms with Crippen molar-refractivity contribution in [1.29, 1.82) is 0 Å². The van der Waals surface area contributed by atoms with Crippen LogP contribution in [0.1, 0.15) is 81.0 Å². The maximum absolute atomic E-state index is 14.4. The summed E-state index contributed by atoms with van der Waals surface area (Å²) in [6.07, 6.45) is 4.10. The quantitative estimate of drug-likeness (QED) is 0.103. The van der Waals surface area contributed by atoms with Crippen molar-refractivity contribution in [2.24, 2.45) is 0 Å². The first-order valence-electron chi connectivity index (χ1n) is 16.8. The molecule has 1 aliphatic rings. The smallest absolute Gasteiger partial charge is 0.407 e. The van der Waals surface area contributed by atoms with Crippen LogP contribution in [0, 0.1) is 13.8 Å². The van der Waals surface area contributed by atoms with Crippen LogP contribution in [-0.2, 0) is 37.7 Å². The molecule has 3 aromatic rings. The molecule has 1 aromatic carbocycles. The molecule has 13 nitrogen and oxygen atoms in total. The second-order valence-corrected chi connectivity index (χ2v) is 13.6. The Labute approximate surface area is 293 Å². The number of aryl methyl sites for hydroxylation is 2. The van der Waals surface area contributed by atoms with Gasteiger partial charge >= 0.3 is 6.09 Å². The number of hydrogen-bond acceptors (Lipinski definition) is 9. The van der Waals surface area contributed by atoms with Gasteiger partial charge in [0.15, 0.2) is 0 Å². The number of carbonyl (C=O) groups excluding carboxylic acids is 4. The van der Waals surface area contributed by atoms with Crippen molar-refractivity contribution in [3.05, 3.63) is 89.0 Å². The summed E-state index contributed by atoms with van der Waals surface area (Å²) in [6.45, 7) is 10.3. The zero-order chi connectivity index (χ0) is 36.3. The first-order chi connectivity index (χ1) is 23.8. The lowest BCUT2D eigenvalue weighted by atomic mass is 9.75. The highest BCUT2D eigenvalue weighted by Crippen LogP contribution is 2.41. The Kier molecular flexibility index (Phi) is 12.9. The minimum atomic E-state index is -1.26. The number of nitrogens with zero attached hydrogens (tertiary/aromatic N) is 3. The van der Waals surface area contributed by atoms with E-state index >= 15 is 0 Å². The van der Waals surface area contributed by atoms with Crippen LogP contribution in [0.4, 0.5) is 4.79 Å². The molecule has 4 amide bonds. The second kappa shape index (κ2) is 17.1. The number of unbranched alkanes of at least 4 members (excludes halogenated alkanes) is 1. The monoisotopic (exact) mass is 688 g/mol. The summed E-state index contributed by atoms with van der Waals surface area (Å²) in [5.41, 5.74) is 4.10. The Hall–Kier alpha value is -5.04. The van der Waals surface area contributed by atoms with Crippen LogP contribution in [0.15, 0.2) is 60.9 Å². The predicted octanol–water partition coefficient (Wildman–Crippen LogP) is 4.42. The van der Waals surface area contributed by atoms with E-state index in [9.17, 15) is 24.4 Å². The van der Waals surface area contributed by atoms with Crippen LogP contribution >= 0.6 is 0 Å². The van der Waals surface area contributed by atoms with Crippen molar-refractivity contribution in [1.82, 2.24) is 31.0 Å². The molecule has 0 saturated carbocycles. The topological polar surface area (TPSA) is 172 Å². The summed E-state index contributed by atoms with van der Waals surface area (Å²) in [7, 11) is 0. The molecule has 0 bridgehead atoms. The first kappa shape index (κ1) is 37.8. The molecule has 4 rings (SSSR count).